The molecule has 6 heteroatoms. The monoisotopic (exact) mass is 266 g/mol. The minimum absolute atomic E-state index is 0.0697. The van der Waals surface area contributed by atoms with Gasteiger partial charge in [-0.1, -0.05) is 23.2 Å². The highest BCUT2D eigenvalue weighted by atomic mass is 35.5. The summed E-state index contributed by atoms with van der Waals surface area (Å²) in [4.78, 5) is 11.1. The fraction of sp³-hybridized carbons (Fsp3) is 0.500. The third kappa shape index (κ3) is 1.71. The molecule has 0 N–H and O–H groups in total. The summed E-state index contributed by atoms with van der Waals surface area (Å²) in [7, 11) is 0. The van der Waals surface area contributed by atoms with Crippen LogP contribution in [0.5, 0.6) is 0 Å². The summed E-state index contributed by atoms with van der Waals surface area (Å²) in [6, 6.07) is 0. The number of alkyl halides is 3. The number of hydrogen-bond acceptors (Lipinski definition) is 1. The molecule has 68 valence electrons. The lowest BCUT2D eigenvalue weighted by molar-refractivity contribution is -0.114. The average molecular weight is 268 g/mol. The largest absolute Gasteiger partial charge is 0.291 e. The van der Waals surface area contributed by atoms with Crippen molar-refractivity contribution in [3.63, 3.8) is 0 Å². The first-order valence-electron chi connectivity index (χ1n) is 2.98. The second kappa shape index (κ2) is 3.93. The maximum absolute atomic E-state index is 11.1. The topological polar surface area (TPSA) is 17.1 Å². The number of hydrogen-bond donors (Lipinski definition) is 0. The van der Waals surface area contributed by atoms with Crippen LogP contribution < -0.4 is 0 Å². The quantitative estimate of drug-likeness (QED) is 0.617. The summed E-state index contributed by atoms with van der Waals surface area (Å²) in [5.74, 6) is -0.472. The van der Waals surface area contributed by atoms with E-state index in [0.717, 1.165) is 0 Å². The maximum Gasteiger partial charge on any atom is 0.194 e. The molecule has 0 amide bonds. The first-order chi connectivity index (χ1) is 5.46. The fourth-order valence-corrected chi connectivity index (χ4v) is 2.26. The van der Waals surface area contributed by atoms with E-state index < -0.39 is 21.9 Å². The minimum Gasteiger partial charge on any atom is -0.291 e. The van der Waals surface area contributed by atoms with Crippen LogP contribution in [0.3, 0.4) is 0 Å². The zero-order chi connectivity index (χ0) is 9.46. The van der Waals surface area contributed by atoms with Crippen LogP contribution in [-0.2, 0) is 4.79 Å². The lowest BCUT2D eigenvalue weighted by Gasteiger charge is -2.25. The van der Waals surface area contributed by atoms with Crippen LogP contribution in [-0.4, -0.2) is 21.9 Å². The van der Waals surface area contributed by atoms with Gasteiger partial charge in [-0.25, -0.2) is 0 Å². The predicted octanol–water partition coefficient (Wildman–Crippen LogP) is 3.08. The van der Waals surface area contributed by atoms with Gasteiger partial charge in [0.05, 0.1) is 15.8 Å². The third-order valence-electron chi connectivity index (χ3n) is 1.48. The van der Waals surface area contributed by atoms with Gasteiger partial charge in [0.1, 0.15) is 10.4 Å². The number of allylic oxidation sites excluding steroid dienone is 2. The molecule has 3 atom stereocenters. The zero-order valence-electron chi connectivity index (χ0n) is 5.53. The Morgan fingerprint density at radius 1 is 1.00 bits per heavy atom. The van der Waals surface area contributed by atoms with Gasteiger partial charge in [-0.15, -0.1) is 34.8 Å². The Morgan fingerprint density at radius 3 is 2.00 bits per heavy atom. The van der Waals surface area contributed by atoms with Gasteiger partial charge in [-0.3, -0.25) is 4.79 Å². The highest BCUT2D eigenvalue weighted by molar-refractivity contribution is 6.57. The van der Waals surface area contributed by atoms with Gasteiger partial charge in [-0.2, -0.15) is 0 Å². The Balaban J connectivity index is 3.08. The summed E-state index contributed by atoms with van der Waals surface area (Å²) < 4.78 is 0. The second-order valence-electron chi connectivity index (χ2n) is 2.27. The molecule has 0 aromatic heterocycles. The number of carbonyl (C=O) groups excluding carboxylic acids is 1. The molecule has 0 saturated carbocycles. The molecule has 1 rings (SSSR count). The van der Waals surface area contributed by atoms with E-state index in [9.17, 15) is 4.79 Å². The molecule has 0 aliphatic heterocycles. The van der Waals surface area contributed by atoms with Crippen LogP contribution >= 0.6 is 58.0 Å². The van der Waals surface area contributed by atoms with Crippen LogP contribution in [0.15, 0.2) is 10.1 Å². The summed E-state index contributed by atoms with van der Waals surface area (Å²) in [6.07, 6.45) is 0. The molecular weight excluding hydrogens is 265 g/mol. The third-order valence-corrected chi connectivity index (χ3v) is 4.22. The molecule has 0 aromatic carbocycles. The highest BCUT2D eigenvalue weighted by Gasteiger charge is 2.40. The van der Waals surface area contributed by atoms with Crippen molar-refractivity contribution in [1.82, 2.24) is 0 Å². The summed E-state index contributed by atoms with van der Waals surface area (Å²) >= 11 is 28.2. The van der Waals surface area contributed by atoms with Crippen LogP contribution in [0.4, 0.5) is 0 Å². The van der Waals surface area contributed by atoms with Crippen molar-refractivity contribution in [3.05, 3.63) is 10.1 Å². The number of rotatable bonds is 0. The molecule has 3 unspecified atom stereocenters. The summed E-state index contributed by atoms with van der Waals surface area (Å²) in [5, 5.41) is -2.35. The summed E-state index contributed by atoms with van der Waals surface area (Å²) in [6.45, 7) is 0. The van der Waals surface area contributed by atoms with Crippen molar-refractivity contribution < 1.29 is 4.79 Å². The number of ketones is 1. The summed E-state index contributed by atoms with van der Waals surface area (Å²) in [5.41, 5.74) is 0. The number of Topliss-reactive ketones (excluding diaryl/α,β-unsaturated/α-hetero) is 1. The first-order valence-corrected chi connectivity index (χ1v) is 5.05. The van der Waals surface area contributed by atoms with E-state index in [4.69, 9.17) is 58.0 Å². The number of halogens is 5. The minimum atomic E-state index is -0.899. The molecule has 1 nitrogen and oxygen atoms in total. The number of carbonyl (C=O) groups is 1. The molecule has 0 heterocycles. The Kier molecular flexibility index (Phi) is 3.58. The molecule has 0 saturated heterocycles. The molecule has 0 aromatic rings. The average Bonchev–Trinajstić information content (AvgIpc) is 2.08. The maximum atomic E-state index is 11.1. The smallest absolute Gasteiger partial charge is 0.194 e. The van der Waals surface area contributed by atoms with Gasteiger partial charge in [0, 0.05) is 0 Å². The molecule has 0 bridgehead atoms. The zero-order valence-corrected chi connectivity index (χ0v) is 9.31. The van der Waals surface area contributed by atoms with Gasteiger partial charge < -0.3 is 0 Å². The van der Waals surface area contributed by atoms with E-state index in [1.165, 1.54) is 0 Å². The van der Waals surface area contributed by atoms with Gasteiger partial charge in [0.15, 0.2) is 5.78 Å². The lowest BCUT2D eigenvalue weighted by Crippen LogP contribution is -2.37. The first kappa shape index (κ1) is 10.9. The van der Waals surface area contributed by atoms with E-state index in [0.29, 0.717) is 0 Å². The Morgan fingerprint density at radius 2 is 1.50 bits per heavy atom. The Hall–Kier alpha value is 0.860. The van der Waals surface area contributed by atoms with Crippen LogP contribution in [0.1, 0.15) is 0 Å². The van der Waals surface area contributed by atoms with Crippen LogP contribution in [0.25, 0.3) is 0 Å². The predicted molar refractivity (Wildman–Crippen MR) is 52.7 cm³/mol. The van der Waals surface area contributed by atoms with Crippen LogP contribution in [0, 0.1) is 0 Å². The molecule has 0 spiro atoms. The normalized spacial score (nSPS) is 37.4. The lowest BCUT2D eigenvalue weighted by atomic mass is 10.0. The molecule has 1 aliphatic carbocycles. The van der Waals surface area contributed by atoms with Gasteiger partial charge in [-0.05, 0) is 0 Å². The van der Waals surface area contributed by atoms with Crippen molar-refractivity contribution in [3.8, 4) is 0 Å². The van der Waals surface area contributed by atoms with Crippen LogP contribution in [0.2, 0.25) is 0 Å². The van der Waals surface area contributed by atoms with Gasteiger partial charge in [0.25, 0.3) is 0 Å². The highest BCUT2D eigenvalue weighted by Crippen LogP contribution is 2.36. The van der Waals surface area contributed by atoms with Gasteiger partial charge in [0.2, 0.25) is 0 Å². The van der Waals surface area contributed by atoms with E-state index in [1.807, 2.05) is 0 Å². The standard InChI is InChI=1S/C6H3Cl5O/c7-1-2(8)4(10)6(12)5(11)3(1)9/h1-2,4H. The molecule has 12 heavy (non-hydrogen) atoms. The van der Waals surface area contributed by atoms with E-state index in [1.54, 1.807) is 0 Å². The van der Waals surface area contributed by atoms with E-state index >= 15 is 0 Å². The van der Waals surface area contributed by atoms with Crippen molar-refractivity contribution >= 4 is 63.8 Å². The van der Waals surface area contributed by atoms with E-state index in [2.05, 4.69) is 0 Å². The fourth-order valence-electron chi connectivity index (χ4n) is 0.793. The molecule has 0 fully saturated rings. The van der Waals surface area contributed by atoms with Crippen molar-refractivity contribution in [1.29, 1.82) is 0 Å². The van der Waals surface area contributed by atoms with Crippen molar-refractivity contribution in [2.45, 2.75) is 16.1 Å². The SMILES string of the molecule is O=C1C(Cl)=C(Cl)C(Cl)C(Cl)C1Cl. The van der Waals surface area contributed by atoms with E-state index in [-0.39, 0.29) is 10.1 Å². The van der Waals surface area contributed by atoms with Crippen molar-refractivity contribution in [2.24, 2.45) is 0 Å². The Labute approximate surface area is 94.5 Å². The van der Waals surface area contributed by atoms with Crippen molar-refractivity contribution in [2.75, 3.05) is 0 Å². The molecule has 1 aliphatic rings. The van der Waals surface area contributed by atoms with Gasteiger partial charge >= 0.3 is 0 Å². The Bertz CT molecular complexity index is 248. The second-order valence-corrected chi connectivity index (χ2v) is 4.50. The molecule has 0 radical (unpaired) electrons. The molecular formula is C6H3Cl5O.